The van der Waals surface area contributed by atoms with Gasteiger partial charge in [-0.1, -0.05) is 78.4 Å². The van der Waals surface area contributed by atoms with Crippen LogP contribution in [-0.2, 0) is 6.42 Å². The summed E-state index contributed by atoms with van der Waals surface area (Å²) in [4.78, 5) is 8.86. The van der Waals surface area contributed by atoms with Gasteiger partial charge in [-0.3, -0.25) is 4.90 Å². The first-order chi connectivity index (χ1) is 14.3. The highest BCUT2D eigenvalue weighted by Crippen LogP contribution is 2.40. The second-order valence-corrected chi connectivity index (χ2v) is 8.59. The van der Waals surface area contributed by atoms with Crippen molar-refractivity contribution < 1.29 is 5.11 Å². The Labute approximate surface area is 174 Å². The van der Waals surface area contributed by atoms with Crippen molar-refractivity contribution in [3.05, 3.63) is 82.5 Å². The smallest absolute Gasteiger partial charge is 0.230 e. The number of piperidine rings is 1. The Morgan fingerprint density at radius 3 is 2.31 bits per heavy atom. The molecule has 2 aromatic carbocycles. The molecule has 0 aliphatic carbocycles. The maximum absolute atomic E-state index is 11.1. The van der Waals surface area contributed by atoms with Crippen molar-refractivity contribution >= 4 is 16.3 Å². The Morgan fingerprint density at radius 2 is 1.62 bits per heavy atom. The summed E-state index contributed by atoms with van der Waals surface area (Å²) in [5.41, 5.74) is 2.37. The molecule has 1 atom stereocenters. The van der Waals surface area contributed by atoms with E-state index in [1.165, 1.54) is 30.4 Å². The van der Waals surface area contributed by atoms with E-state index in [2.05, 4.69) is 46.4 Å². The van der Waals surface area contributed by atoms with Crippen molar-refractivity contribution in [3.8, 4) is 5.88 Å². The fourth-order valence-electron chi connectivity index (χ4n) is 4.16. The third-order valence-corrected chi connectivity index (χ3v) is 6.64. The summed E-state index contributed by atoms with van der Waals surface area (Å²) in [5.74, 6) is 0.953. The van der Waals surface area contributed by atoms with Gasteiger partial charge in [-0.25, -0.2) is 4.98 Å². The minimum atomic E-state index is 0.0440. The molecule has 148 valence electrons. The minimum Gasteiger partial charge on any atom is -0.492 e. The van der Waals surface area contributed by atoms with Crippen LogP contribution >= 0.6 is 11.3 Å². The lowest BCUT2D eigenvalue weighted by Gasteiger charge is -2.34. The lowest BCUT2D eigenvalue weighted by Crippen LogP contribution is -2.34. The lowest BCUT2D eigenvalue weighted by atomic mass is 10.0. The molecular weight excluding hydrogens is 380 g/mol. The molecule has 29 heavy (non-hydrogen) atoms. The average Bonchev–Trinajstić information content (AvgIpc) is 3.29. The number of hydrogen-bond acceptors (Lipinski definition) is 5. The molecule has 1 aliphatic rings. The molecule has 5 rings (SSSR count). The number of hydrogen-bond donors (Lipinski definition) is 1. The SMILES string of the molecule is Oc1c(C(c2ccccc2)N2CCCCC2)sc2nc(Cc3ccccc3)nn12. The van der Waals surface area contributed by atoms with E-state index in [1.54, 1.807) is 15.9 Å². The number of likely N-dealkylation sites (tertiary alicyclic amines) is 1. The lowest BCUT2D eigenvalue weighted by molar-refractivity contribution is 0.186. The summed E-state index contributed by atoms with van der Waals surface area (Å²) in [7, 11) is 0. The maximum Gasteiger partial charge on any atom is 0.230 e. The van der Waals surface area contributed by atoms with E-state index in [9.17, 15) is 5.11 Å². The molecule has 6 heteroatoms. The van der Waals surface area contributed by atoms with Crippen LogP contribution in [0.3, 0.4) is 0 Å². The van der Waals surface area contributed by atoms with Crippen molar-refractivity contribution in [1.82, 2.24) is 19.5 Å². The molecule has 4 aromatic rings. The zero-order valence-electron chi connectivity index (χ0n) is 16.2. The predicted octanol–water partition coefficient (Wildman–Crippen LogP) is 4.66. The summed E-state index contributed by atoms with van der Waals surface area (Å²) in [5, 5.41) is 15.7. The highest BCUT2D eigenvalue weighted by atomic mass is 32.1. The van der Waals surface area contributed by atoms with Gasteiger partial charge in [0, 0.05) is 6.42 Å². The van der Waals surface area contributed by atoms with Gasteiger partial charge in [-0.2, -0.15) is 4.52 Å². The van der Waals surface area contributed by atoms with Crippen molar-refractivity contribution in [2.45, 2.75) is 31.7 Å². The highest BCUT2D eigenvalue weighted by Gasteiger charge is 2.30. The first-order valence-electron chi connectivity index (χ1n) is 10.2. The fourth-order valence-corrected chi connectivity index (χ4v) is 5.30. The molecule has 5 nitrogen and oxygen atoms in total. The Balaban J connectivity index is 1.51. The third kappa shape index (κ3) is 3.66. The third-order valence-electron chi connectivity index (χ3n) is 5.57. The highest BCUT2D eigenvalue weighted by molar-refractivity contribution is 7.17. The summed E-state index contributed by atoms with van der Waals surface area (Å²) in [6, 6.07) is 20.7. The minimum absolute atomic E-state index is 0.0440. The topological polar surface area (TPSA) is 53.7 Å². The summed E-state index contributed by atoms with van der Waals surface area (Å²) < 4.78 is 1.61. The van der Waals surface area contributed by atoms with Gasteiger partial charge in [-0.15, -0.1) is 5.10 Å². The molecule has 1 fully saturated rings. The van der Waals surface area contributed by atoms with E-state index in [4.69, 9.17) is 4.98 Å². The molecule has 0 amide bonds. The molecule has 1 unspecified atom stereocenters. The number of thiazole rings is 1. The summed E-state index contributed by atoms with van der Waals surface area (Å²) in [6.45, 7) is 2.10. The van der Waals surface area contributed by atoms with E-state index < -0.39 is 0 Å². The molecule has 2 aromatic heterocycles. The van der Waals surface area contributed by atoms with Crippen molar-refractivity contribution in [2.75, 3.05) is 13.1 Å². The molecule has 0 radical (unpaired) electrons. The summed E-state index contributed by atoms with van der Waals surface area (Å²) in [6.07, 6.45) is 4.35. The molecule has 0 saturated carbocycles. The maximum atomic E-state index is 11.1. The predicted molar refractivity (Wildman–Crippen MR) is 115 cm³/mol. The number of fused-ring (bicyclic) bond motifs is 1. The Hall–Kier alpha value is -2.70. The second-order valence-electron chi connectivity index (χ2n) is 7.58. The molecule has 1 saturated heterocycles. The van der Waals surface area contributed by atoms with Crippen LogP contribution in [0.1, 0.15) is 47.1 Å². The van der Waals surface area contributed by atoms with E-state index in [0.29, 0.717) is 6.42 Å². The van der Waals surface area contributed by atoms with Crippen LogP contribution in [0, 0.1) is 0 Å². The van der Waals surface area contributed by atoms with Crippen LogP contribution in [-0.4, -0.2) is 37.7 Å². The molecule has 0 bridgehead atoms. The first kappa shape index (κ1) is 18.3. The molecular formula is C23H24N4OS. The number of nitrogens with zero attached hydrogens (tertiary/aromatic N) is 4. The first-order valence-corrected chi connectivity index (χ1v) is 11.0. The normalized spacial score (nSPS) is 16.3. The van der Waals surface area contributed by atoms with Gasteiger partial charge in [-0.05, 0) is 37.1 Å². The van der Waals surface area contributed by atoms with Crippen molar-refractivity contribution in [2.24, 2.45) is 0 Å². The Kier molecular flexibility index (Phi) is 5.04. The number of rotatable bonds is 5. The number of benzene rings is 2. The van der Waals surface area contributed by atoms with Gasteiger partial charge in [0.1, 0.15) is 0 Å². The molecule has 0 spiro atoms. The van der Waals surface area contributed by atoms with Crippen LogP contribution in [0.5, 0.6) is 5.88 Å². The Morgan fingerprint density at radius 1 is 0.931 bits per heavy atom. The van der Waals surface area contributed by atoms with Gasteiger partial charge in [0.15, 0.2) is 5.82 Å². The number of aromatic nitrogens is 3. The largest absolute Gasteiger partial charge is 0.492 e. The fraction of sp³-hybridized carbons (Fsp3) is 0.304. The van der Waals surface area contributed by atoms with Crippen LogP contribution in [0.4, 0.5) is 0 Å². The van der Waals surface area contributed by atoms with E-state index in [1.807, 2.05) is 24.3 Å². The monoisotopic (exact) mass is 404 g/mol. The second kappa shape index (κ2) is 7.97. The molecule has 3 heterocycles. The van der Waals surface area contributed by atoms with Gasteiger partial charge in [0.25, 0.3) is 0 Å². The zero-order valence-corrected chi connectivity index (χ0v) is 17.1. The van der Waals surface area contributed by atoms with E-state index in [0.717, 1.165) is 28.8 Å². The molecule has 1 N–H and O–H groups in total. The molecule has 1 aliphatic heterocycles. The quantitative estimate of drug-likeness (QED) is 0.525. The summed E-state index contributed by atoms with van der Waals surface area (Å²) >= 11 is 1.55. The van der Waals surface area contributed by atoms with Gasteiger partial charge >= 0.3 is 0 Å². The van der Waals surface area contributed by atoms with Crippen LogP contribution in [0.2, 0.25) is 0 Å². The standard InChI is InChI=1S/C23H24N4OS/c28-22-21(20(18-12-6-2-7-13-18)26-14-8-3-9-15-26)29-23-24-19(25-27(22)23)16-17-10-4-1-5-11-17/h1-2,4-7,10-13,20,28H,3,8-9,14-16H2. The van der Waals surface area contributed by atoms with E-state index >= 15 is 0 Å². The van der Waals surface area contributed by atoms with Crippen molar-refractivity contribution in [3.63, 3.8) is 0 Å². The van der Waals surface area contributed by atoms with E-state index in [-0.39, 0.29) is 11.9 Å². The van der Waals surface area contributed by atoms with Gasteiger partial charge < -0.3 is 5.11 Å². The van der Waals surface area contributed by atoms with Crippen molar-refractivity contribution in [1.29, 1.82) is 0 Å². The zero-order chi connectivity index (χ0) is 19.6. The van der Waals surface area contributed by atoms with Gasteiger partial charge in [0.05, 0.1) is 10.9 Å². The average molecular weight is 405 g/mol. The Bertz CT molecular complexity index is 1080. The van der Waals surface area contributed by atoms with Crippen LogP contribution in [0.25, 0.3) is 4.96 Å². The number of aromatic hydroxyl groups is 1. The van der Waals surface area contributed by atoms with Crippen LogP contribution < -0.4 is 0 Å². The van der Waals surface area contributed by atoms with Gasteiger partial charge in [0.2, 0.25) is 10.8 Å². The van der Waals surface area contributed by atoms with Crippen LogP contribution in [0.15, 0.2) is 60.7 Å².